The summed E-state index contributed by atoms with van der Waals surface area (Å²) in [6.07, 6.45) is 2.84. The summed E-state index contributed by atoms with van der Waals surface area (Å²) >= 11 is 5.03. The van der Waals surface area contributed by atoms with E-state index < -0.39 is 0 Å². The molecule has 1 heterocycles. The number of amides is 1. The van der Waals surface area contributed by atoms with Gasteiger partial charge in [0, 0.05) is 12.1 Å². The van der Waals surface area contributed by atoms with Crippen LogP contribution in [0.2, 0.25) is 0 Å². The maximum absolute atomic E-state index is 12.4. The van der Waals surface area contributed by atoms with Gasteiger partial charge in [-0.2, -0.15) is 0 Å². The minimum absolute atomic E-state index is 0.0351. The number of carbonyl (C=O) groups excluding carboxylic acids is 1. The fourth-order valence-corrected chi connectivity index (χ4v) is 2.60. The molecule has 3 nitrogen and oxygen atoms in total. The molecule has 0 aliphatic carbocycles. The monoisotopic (exact) mass is 262 g/mol. The highest BCUT2D eigenvalue weighted by Crippen LogP contribution is 2.20. The van der Waals surface area contributed by atoms with Crippen molar-refractivity contribution >= 4 is 23.1 Å². The maximum atomic E-state index is 12.4. The van der Waals surface area contributed by atoms with Crippen LogP contribution in [0.4, 0.5) is 0 Å². The van der Waals surface area contributed by atoms with Crippen LogP contribution in [0.1, 0.15) is 35.7 Å². The molecule has 0 aromatic heterocycles. The van der Waals surface area contributed by atoms with Crippen LogP contribution in [0.5, 0.6) is 0 Å². The Labute approximate surface area is 113 Å². The highest BCUT2D eigenvalue weighted by molar-refractivity contribution is 7.80. The molecule has 18 heavy (non-hydrogen) atoms. The average Bonchev–Trinajstić information content (AvgIpc) is 2.87. The summed E-state index contributed by atoms with van der Waals surface area (Å²) in [6.45, 7) is 2.84. The zero-order valence-corrected chi connectivity index (χ0v) is 11.4. The first-order chi connectivity index (χ1) is 8.63. The van der Waals surface area contributed by atoms with Crippen LogP contribution in [0, 0.1) is 0 Å². The van der Waals surface area contributed by atoms with Gasteiger partial charge in [0.2, 0.25) is 0 Å². The number of aryl methyl sites for hydroxylation is 1. The molecule has 0 spiro atoms. The fourth-order valence-electron chi connectivity index (χ4n) is 2.35. The lowest BCUT2D eigenvalue weighted by Gasteiger charge is -2.23. The minimum Gasteiger partial charge on any atom is -0.392 e. The van der Waals surface area contributed by atoms with E-state index in [2.05, 4.69) is 6.92 Å². The number of nitrogens with zero attached hydrogens (tertiary/aromatic N) is 1. The van der Waals surface area contributed by atoms with E-state index in [1.807, 2.05) is 24.3 Å². The Hall–Kier alpha value is -1.42. The van der Waals surface area contributed by atoms with E-state index in [-0.39, 0.29) is 11.9 Å². The van der Waals surface area contributed by atoms with Gasteiger partial charge < -0.3 is 10.6 Å². The highest BCUT2D eigenvalue weighted by atomic mass is 32.1. The van der Waals surface area contributed by atoms with E-state index in [0.717, 1.165) is 31.4 Å². The summed E-state index contributed by atoms with van der Waals surface area (Å²) in [5.74, 6) is 0.0351. The lowest BCUT2D eigenvalue weighted by molar-refractivity contribution is 0.0770. The Morgan fingerprint density at radius 1 is 1.44 bits per heavy atom. The normalized spacial score (nSPS) is 18.9. The summed E-state index contributed by atoms with van der Waals surface area (Å²) in [5, 5.41) is 0. The molecule has 96 valence electrons. The lowest BCUT2D eigenvalue weighted by Crippen LogP contribution is -2.42. The van der Waals surface area contributed by atoms with Crippen molar-refractivity contribution in [2.24, 2.45) is 5.73 Å². The minimum atomic E-state index is -0.0710. The van der Waals surface area contributed by atoms with Gasteiger partial charge in [0.15, 0.2) is 0 Å². The van der Waals surface area contributed by atoms with Crippen molar-refractivity contribution in [2.45, 2.75) is 32.2 Å². The van der Waals surface area contributed by atoms with E-state index in [1.54, 1.807) is 4.90 Å². The van der Waals surface area contributed by atoms with Gasteiger partial charge in [-0.15, -0.1) is 0 Å². The molecule has 2 rings (SSSR count). The number of hydrogen-bond donors (Lipinski definition) is 1. The number of hydrogen-bond acceptors (Lipinski definition) is 2. The first-order valence-corrected chi connectivity index (χ1v) is 6.73. The molecule has 4 heteroatoms. The summed E-state index contributed by atoms with van der Waals surface area (Å²) in [5.41, 5.74) is 7.64. The Morgan fingerprint density at radius 2 is 2.11 bits per heavy atom. The van der Waals surface area contributed by atoms with Crippen molar-refractivity contribution in [3.63, 3.8) is 0 Å². The third kappa shape index (κ3) is 2.53. The molecular weight excluding hydrogens is 244 g/mol. The van der Waals surface area contributed by atoms with Crippen molar-refractivity contribution in [2.75, 3.05) is 6.54 Å². The van der Waals surface area contributed by atoms with Crippen LogP contribution < -0.4 is 5.73 Å². The van der Waals surface area contributed by atoms with Gasteiger partial charge in [0.1, 0.15) is 0 Å². The lowest BCUT2D eigenvalue weighted by atomic mass is 10.1. The molecule has 0 bridgehead atoms. The number of benzene rings is 1. The molecule has 1 atom stereocenters. The van der Waals surface area contributed by atoms with Gasteiger partial charge in [-0.3, -0.25) is 4.79 Å². The molecule has 1 saturated heterocycles. The summed E-state index contributed by atoms with van der Waals surface area (Å²) in [6, 6.07) is 7.70. The smallest absolute Gasteiger partial charge is 0.254 e. The third-order valence-electron chi connectivity index (χ3n) is 3.45. The summed E-state index contributed by atoms with van der Waals surface area (Å²) in [4.78, 5) is 14.6. The third-order valence-corrected chi connectivity index (χ3v) is 3.72. The first-order valence-electron chi connectivity index (χ1n) is 6.32. The molecule has 2 N–H and O–H groups in total. The Kier molecular flexibility index (Phi) is 3.97. The molecular formula is C14H18N2OS. The van der Waals surface area contributed by atoms with Crippen LogP contribution in [0.25, 0.3) is 0 Å². The summed E-state index contributed by atoms with van der Waals surface area (Å²) < 4.78 is 0. The van der Waals surface area contributed by atoms with Crippen molar-refractivity contribution in [1.82, 2.24) is 4.90 Å². The van der Waals surface area contributed by atoms with E-state index in [4.69, 9.17) is 18.0 Å². The summed E-state index contributed by atoms with van der Waals surface area (Å²) in [7, 11) is 0. The van der Waals surface area contributed by atoms with Crippen molar-refractivity contribution < 1.29 is 4.79 Å². The predicted octanol–water partition coefficient (Wildman–Crippen LogP) is 2.14. The van der Waals surface area contributed by atoms with Crippen molar-refractivity contribution in [1.29, 1.82) is 0 Å². The predicted molar refractivity (Wildman–Crippen MR) is 76.7 cm³/mol. The first kappa shape index (κ1) is 13.0. The maximum Gasteiger partial charge on any atom is 0.254 e. The van der Waals surface area contributed by atoms with Crippen LogP contribution in [-0.4, -0.2) is 28.4 Å². The zero-order chi connectivity index (χ0) is 13.1. The average molecular weight is 262 g/mol. The molecule has 1 amide bonds. The quantitative estimate of drug-likeness (QED) is 0.849. The largest absolute Gasteiger partial charge is 0.392 e. The van der Waals surface area contributed by atoms with Gasteiger partial charge in [0.25, 0.3) is 5.91 Å². The second kappa shape index (κ2) is 5.48. The SMILES string of the molecule is CCc1ccc(C(=O)N2CCCC2C(N)=S)cc1. The Morgan fingerprint density at radius 3 is 2.67 bits per heavy atom. The fraction of sp³-hybridized carbons (Fsp3) is 0.429. The molecule has 0 radical (unpaired) electrons. The van der Waals surface area contributed by atoms with Gasteiger partial charge >= 0.3 is 0 Å². The van der Waals surface area contributed by atoms with Crippen molar-refractivity contribution in [3.05, 3.63) is 35.4 Å². The van der Waals surface area contributed by atoms with Crippen LogP contribution >= 0.6 is 12.2 Å². The molecule has 0 saturated carbocycles. The zero-order valence-electron chi connectivity index (χ0n) is 10.6. The van der Waals surface area contributed by atoms with Gasteiger partial charge in [-0.25, -0.2) is 0 Å². The van der Waals surface area contributed by atoms with Crippen LogP contribution in [-0.2, 0) is 6.42 Å². The van der Waals surface area contributed by atoms with Gasteiger partial charge in [0.05, 0.1) is 11.0 Å². The molecule has 1 unspecified atom stereocenters. The molecule has 1 aliphatic rings. The van der Waals surface area contributed by atoms with Gasteiger partial charge in [-0.1, -0.05) is 31.3 Å². The highest BCUT2D eigenvalue weighted by Gasteiger charge is 2.30. The number of thiocarbonyl (C=S) groups is 1. The second-order valence-electron chi connectivity index (χ2n) is 4.61. The molecule has 1 aromatic rings. The Balaban J connectivity index is 2.17. The van der Waals surface area contributed by atoms with Gasteiger partial charge in [-0.05, 0) is 37.0 Å². The Bertz CT molecular complexity index is 455. The van der Waals surface area contributed by atoms with E-state index in [0.29, 0.717) is 4.99 Å². The van der Waals surface area contributed by atoms with Crippen LogP contribution in [0.3, 0.4) is 0 Å². The number of likely N-dealkylation sites (tertiary alicyclic amines) is 1. The van der Waals surface area contributed by atoms with E-state index in [1.165, 1.54) is 5.56 Å². The number of carbonyl (C=O) groups is 1. The number of nitrogens with two attached hydrogens (primary N) is 1. The topological polar surface area (TPSA) is 46.3 Å². The standard InChI is InChI=1S/C14H18N2OS/c1-2-10-5-7-11(8-6-10)14(17)16-9-3-4-12(16)13(15)18/h5-8,12H,2-4,9H2,1H3,(H2,15,18). The second-order valence-corrected chi connectivity index (χ2v) is 5.08. The molecule has 1 fully saturated rings. The van der Waals surface area contributed by atoms with E-state index >= 15 is 0 Å². The van der Waals surface area contributed by atoms with Crippen molar-refractivity contribution in [3.8, 4) is 0 Å². The molecule has 1 aromatic carbocycles. The van der Waals surface area contributed by atoms with E-state index in [9.17, 15) is 4.79 Å². The number of rotatable bonds is 3. The van der Waals surface area contributed by atoms with Crippen LogP contribution in [0.15, 0.2) is 24.3 Å². The molecule has 1 aliphatic heterocycles.